The van der Waals surface area contributed by atoms with Crippen molar-refractivity contribution < 1.29 is 4.74 Å². The maximum absolute atomic E-state index is 7.09. The fourth-order valence-corrected chi connectivity index (χ4v) is 6.56. The van der Waals surface area contributed by atoms with Crippen LogP contribution < -0.4 is 4.74 Å². The normalized spacial score (nSPS) is 13.1. The molecule has 1 aliphatic heterocycles. The first-order chi connectivity index (χ1) is 18.3. The highest BCUT2D eigenvalue weighted by Gasteiger charge is 2.35. The Balaban J connectivity index is 1.62. The van der Waals surface area contributed by atoms with Crippen molar-refractivity contribution in [3.63, 3.8) is 0 Å². The summed E-state index contributed by atoms with van der Waals surface area (Å²) in [5.74, 6) is 1.96. The SMILES string of the molecule is Brc1ccc(C2c3c(c4ccccc4c4ccccc34)Oc3c2c2ccccc2c2ccccc32)cc1. The summed E-state index contributed by atoms with van der Waals surface area (Å²) < 4.78 is 8.17. The van der Waals surface area contributed by atoms with Crippen LogP contribution >= 0.6 is 15.9 Å². The van der Waals surface area contributed by atoms with E-state index in [4.69, 9.17) is 4.74 Å². The molecule has 1 nitrogen and oxygen atoms in total. The van der Waals surface area contributed by atoms with Crippen LogP contribution in [0, 0.1) is 0 Å². The second kappa shape index (κ2) is 7.93. The van der Waals surface area contributed by atoms with Gasteiger partial charge in [-0.1, -0.05) is 125 Å². The van der Waals surface area contributed by atoms with Gasteiger partial charge in [-0.2, -0.15) is 0 Å². The third-order valence-corrected chi connectivity index (χ3v) is 8.36. The van der Waals surface area contributed by atoms with E-state index in [2.05, 4.69) is 137 Å². The van der Waals surface area contributed by atoms with Gasteiger partial charge in [-0.05, 0) is 50.0 Å². The largest absolute Gasteiger partial charge is 0.455 e. The molecule has 0 N–H and O–H groups in total. The molecule has 0 spiro atoms. The number of benzene rings is 7. The zero-order valence-electron chi connectivity index (χ0n) is 19.9. The molecule has 0 amide bonds. The molecule has 7 aromatic rings. The molecule has 1 heterocycles. The van der Waals surface area contributed by atoms with Gasteiger partial charge in [0.25, 0.3) is 0 Å². The number of hydrogen-bond acceptors (Lipinski definition) is 1. The molecule has 0 atom stereocenters. The Hall–Kier alpha value is -4.14. The van der Waals surface area contributed by atoms with Crippen LogP contribution in [0.25, 0.3) is 43.1 Å². The summed E-state index contributed by atoms with van der Waals surface area (Å²) in [6, 6.07) is 43.6. The lowest BCUT2D eigenvalue weighted by atomic mass is 9.76. The number of hydrogen-bond donors (Lipinski definition) is 0. The fourth-order valence-electron chi connectivity index (χ4n) is 6.30. The summed E-state index contributed by atoms with van der Waals surface area (Å²) in [6.45, 7) is 0. The van der Waals surface area contributed by atoms with E-state index in [-0.39, 0.29) is 5.92 Å². The van der Waals surface area contributed by atoms with E-state index in [9.17, 15) is 0 Å². The van der Waals surface area contributed by atoms with Gasteiger partial charge in [0.15, 0.2) is 0 Å². The van der Waals surface area contributed by atoms with Crippen LogP contribution in [0.4, 0.5) is 0 Å². The molecule has 1 aliphatic rings. The molecule has 0 aromatic heterocycles. The van der Waals surface area contributed by atoms with Crippen LogP contribution in [0.1, 0.15) is 22.6 Å². The van der Waals surface area contributed by atoms with Crippen LogP contribution in [0.2, 0.25) is 0 Å². The van der Waals surface area contributed by atoms with E-state index in [0.29, 0.717) is 0 Å². The van der Waals surface area contributed by atoms with E-state index >= 15 is 0 Å². The van der Waals surface area contributed by atoms with Crippen molar-refractivity contribution in [1.29, 1.82) is 0 Å². The molecule has 0 bridgehead atoms. The Morgan fingerprint density at radius 1 is 0.405 bits per heavy atom. The number of halogens is 1. The monoisotopic (exact) mass is 536 g/mol. The van der Waals surface area contributed by atoms with E-state index in [1.54, 1.807) is 0 Å². The quantitative estimate of drug-likeness (QED) is 0.189. The summed E-state index contributed by atoms with van der Waals surface area (Å²) in [5, 5.41) is 9.76. The van der Waals surface area contributed by atoms with Crippen molar-refractivity contribution in [3.05, 3.63) is 142 Å². The molecule has 0 unspecified atom stereocenters. The summed E-state index contributed by atoms with van der Waals surface area (Å²) in [7, 11) is 0. The lowest BCUT2D eigenvalue weighted by Gasteiger charge is -2.33. The Labute approximate surface area is 223 Å². The van der Waals surface area contributed by atoms with Crippen molar-refractivity contribution in [3.8, 4) is 11.5 Å². The van der Waals surface area contributed by atoms with Gasteiger partial charge in [-0.25, -0.2) is 0 Å². The summed E-state index contributed by atoms with van der Waals surface area (Å²) >= 11 is 3.65. The number of ether oxygens (including phenoxy) is 1. The Morgan fingerprint density at radius 2 is 0.757 bits per heavy atom. The smallest absolute Gasteiger partial charge is 0.140 e. The van der Waals surface area contributed by atoms with Gasteiger partial charge in [-0.3, -0.25) is 0 Å². The van der Waals surface area contributed by atoms with Crippen molar-refractivity contribution in [2.45, 2.75) is 5.92 Å². The minimum absolute atomic E-state index is 0.0239. The van der Waals surface area contributed by atoms with Gasteiger partial charge < -0.3 is 4.74 Å². The highest BCUT2D eigenvalue weighted by molar-refractivity contribution is 9.10. The first kappa shape index (κ1) is 21.0. The second-order valence-corrected chi connectivity index (χ2v) is 10.7. The van der Waals surface area contributed by atoms with Crippen LogP contribution in [-0.2, 0) is 0 Å². The third kappa shape index (κ3) is 2.97. The van der Waals surface area contributed by atoms with E-state index in [0.717, 1.165) is 26.7 Å². The summed E-state index contributed by atoms with van der Waals surface area (Å²) in [4.78, 5) is 0. The molecule has 37 heavy (non-hydrogen) atoms. The van der Waals surface area contributed by atoms with Gasteiger partial charge in [0.1, 0.15) is 11.5 Å². The van der Waals surface area contributed by atoms with Gasteiger partial charge >= 0.3 is 0 Å². The van der Waals surface area contributed by atoms with Crippen molar-refractivity contribution in [2.75, 3.05) is 0 Å². The zero-order valence-corrected chi connectivity index (χ0v) is 21.5. The Kier molecular flexibility index (Phi) is 4.50. The van der Waals surface area contributed by atoms with Gasteiger partial charge in [0, 0.05) is 32.3 Å². The zero-order chi connectivity index (χ0) is 24.5. The molecule has 2 heteroatoms. The van der Waals surface area contributed by atoms with Gasteiger partial charge in [-0.15, -0.1) is 0 Å². The average Bonchev–Trinajstić information content (AvgIpc) is 2.97. The molecule has 0 saturated heterocycles. The summed E-state index contributed by atoms with van der Waals surface area (Å²) in [5.41, 5.74) is 3.74. The first-order valence-corrected chi connectivity index (χ1v) is 13.4. The van der Waals surface area contributed by atoms with Gasteiger partial charge in [0.2, 0.25) is 0 Å². The number of rotatable bonds is 1. The fraction of sp³-hybridized carbons (Fsp3) is 0.0286. The topological polar surface area (TPSA) is 9.23 Å². The molecule has 7 aromatic carbocycles. The molecule has 0 radical (unpaired) electrons. The standard InChI is InChI=1S/C35H21BrO/c36-22-19-17-21(18-20-22)31-32-27-13-5-1-9-23(27)25-11-3-7-15-29(25)34(32)37-35-30-16-8-4-12-26(30)24-10-2-6-14-28(24)33(31)35/h1-20,31H. The lowest BCUT2D eigenvalue weighted by molar-refractivity contribution is 0.467. The average molecular weight is 537 g/mol. The Morgan fingerprint density at radius 3 is 1.19 bits per heavy atom. The molecule has 0 saturated carbocycles. The van der Waals surface area contributed by atoms with Crippen LogP contribution in [0.3, 0.4) is 0 Å². The van der Waals surface area contributed by atoms with Crippen LogP contribution in [0.15, 0.2) is 126 Å². The predicted octanol–water partition coefficient (Wildman–Crippen LogP) is 10.3. The molecule has 0 aliphatic carbocycles. The molecule has 174 valence electrons. The maximum Gasteiger partial charge on any atom is 0.140 e. The number of fused-ring (bicyclic) bond motifs is 12. The van der Waals surface area contributed by atoms with Crippen molar-refractivity contribution in [2.24, 2.45) is 0 Å². The highest BCUT2D eigenvalue weighted by Crippen LogP contribution is 2.57. The minimum atomic E-state index is 0.0239. The molecule has 8 rings (SSSR count). The van der Waals surface area contributed by atoms with E-state index < -0.39 is 0 Å². The molecular weight excluding hydrogens is 516 g/mol. The molecular formula is C35H21BrO. The van der Waals surface area contributed by atoms with E-state index in [1.807, 2.05) is 0 Å². The van der Waals surface area contributed by atoms with Crippen LogP contribution in [-0.4, -0.2) is 0 Å². The highest BCUT2D eigenvalue weighted by atomic mass is 79.9. The van der Waals surface area contributed by atoms with Crippen molar-refractivity contribution >= 4 is 59.0 Å². The first-order valence-electron chi connectivity index (χ1n) is 12.6. The maximum atomic E-state index is 7.09. The predicted molar refractivity (Wildman–Crippen MR) is 158 cm³/mol. The van der Waals surface area contributed by atoms with Gasteiger partial charge in [0.05, 0.1) is 0 Å². The molecule has 0 fully saturated rings. The van der Waals surface area contributed by atoms with Crippen molar-refractivity contribution in [1.82, 2.24) is 0 Å². The van der Waals surface area contributed by atoms with Crippen LogP contribution in [0.5, 0.6) is 11.5 Å². The second-order valence-electron chi connectivity index (χ2n) is 9.75. The Bertz CT molecular complexity index is 1900. The summed E-state index contributed by atoms with van der Waals surface area (Å²) in [6.07, 6.45) is 0. The minimum Gasteiger partial charge on any atom is -0.455 e. The third-order valence-electron chi connectivity index (χ3n) is 7.83. The van der Waals surface area contributed by atoms with E-state index in [1.165, 1.54) is 49.0 Å². The lowest BCUT2D eigenvalue weighted by Crippen LogP contribution is -2.14.